The number of aromatic nitrogens is 4. The molecule has 4 heterocycles. The lowest BCUT2D eigenvalue weighted by Gasteiger charge is -2.30. The first-order chi connectivity index (χ1) is 15.4. The lowest BCUT2D eigenvalue weighted by atomic mass is 10.1. The van der Waals surface area contributed by atoms with Gasteiger partial charge in [-0.2, -0.15) is 4.98 Å². The molecule has 1 aromatic carbocycles. The van der Waals surface area contributed by atoms with Crippen LogP contribution in [0.25, 0.3) is 28.5 Å². The summed E-state index contributed by atoms with van der Waals surface area (Å²) in [6.07, 6.45) is 7.51. The van der Waals surface area contributed by atoms with Crippen molar-refractivity contribution >= 4 is 21.8 Å². The van der Waals surface area contributed by atoms with Gasteiger partial charge in [-0.25, -0.2) is 27.1 Å². The summed E-state index contributed by atoms with van der Waals surface area (Å²) in [5.41, 5.74) is 2.69. The van der Waals surface area contributed by atoms with Gasteiger partial charge in [-0.15, -0.1) is 0 Å². The Hall–Kier alpha value is -3.31. The first kappa shape index (κ1) is 20.6. The SMILES string of the molecule is CS(=O)(=O)N1CCC(Nc2nccc(-c3c(-c4ccc(F)cc4)nc4occn34)n2)CC1. The van der Waals surface area contributed by atoms with Crippen molar-refractivity contribution in [2.24, 2.45) is 0 Å². The number of nitrogens with zero attached hydrogens (tertiary/aromatic N) is 5. The third kappa shape index (κ3) is 3.96. The van der Waals surface area contributed by atoms with Crippen LogP contribution in [0.1, 0.15) is 12.8 Å². The van der Waals surface area contributed by atoms with Crippen LogP contribution >= 0.6 is 0 Å². The summed E-state index contributed by atoms with van der Waals surface area (Å²) >= 11 is 0. The summed E-state index contributed by atoms with van der Waals surface area (Å²) in [5, 5.41) is 3.32. The van der Waals surface area contributed by atoms with E-state index in [0.717, 1.165) is 5.56 Å². The van der Waals surface area contributed by atoms with E-state index in [1.807, 2.05) is 0 Å². The van der Waals surface area contributed by atoms with E-state index in [1.54, 1.807) is 35.0 Å². The number of fused-ring (bicyclic) bond motifs is 1. The van der Waals surface area contributed by atoms with Crippen LogP contribution in [0, 0.1) is 5.82 Å². The highest BCUT2D eigenvalue weighted by Gasteiger charge is 2.25. The van der Waals surface area contributed by atoms with Gasteiger partial charge in [0.25, 0.3) is 0 Å². The Morgan fingerprint density at radius 3 is 2.59 bits per heavy atom. The topological polar surface area (TPSA) is 106 Å². The van der Waals surface area contributed by atoms with E-state index in [1.165, 1.54) is 29.0 Å². The van der Waals surface area contributed by atoms with Gasteiger partial charge in [0, 0.05) is 37.1 Å². The number of halogens is 1. The van der Waals surface area contributed by atoms with Crippen LogP contribution in [0.15, 0.2) is 53.4 Å². The van der Waals surface area contributed by atoms with Crippen molar-refractivity contribution in [1.82, 2.24) is 23.7 Å². The third-order valence-corrected chi connectivity index (χ3v) is 6.84. The Morgan fingerprint density at radius 1 is 1.12 bits per heavy atom. The van der Waals surface area contributed by atoms with Crippen molar-refractivity contribution in [3.05, 3.63) is 54.8 Å². The summed E-state index contributed by atoms with van der Waals surface area (Å²) in [6.45, 7) is 0.923. The number of sulfonamides is 1. The van der Waals surface area contributed by atoms with Gasteiger partial charge in [0.15, 0.2) is 0 Å². The number of hydrogen-bond acceptors (Lipinski definition) is 7. The lowest BCUT2D eigenvalue weighted by Crippen LogP contribution is -2.42. The number of imidazole rings is 1. The van der Waals surface area contributed by atoms with Gasteiger partial charge in [0.05, 0.1) is 11.9 Å². The maximum atomic E-state index is 13.4. The number of rotatable bonds is 5. The minimum Gasteiger partial charge on any atom is -0.432 e. The molecule has 11 heteroatoms. The number of hydrogen-bond donors (Lipinski definition) is 1. The predicted octanol–water partition coefficient (Wildman–Crippen LogP) is 3.03. The average Bonchev–Trinajstić information content (AvgIpc) is 3.35. The molecule has 1 aliphatic rings. The smallest absolute Gasteiger partial charge is 0.306 e. The van der Waals surface area contributed by atoms with Crippen LogP contribution in [0.2, 0.25) is 0 Å². The van der Waals surface area contributed by atoms with E-state index in [4.69, 9.17) is 4.42 Å². The second-order valence-corrected chi connectivity index (χ2v) is 9.70. The van der Waals surface area contributed by atoms with Crippen LogP contribution in [-0.2, 0) is 10.0 Å². The zero-order valence-corrected chi connectivity index (χ0v) is 18.1. The normalized spacial score (nSPS) is 15.9. The maximum Gasteiger partial charge on any atom is 0.306 e. The molecule has 0 unspecified atom stereocenters. The van der Waals surface area contributed by atoms with E-state index < -0.39 is 10.0 Å². The van der Waals surface area contributed by atoms with Crippen molar-refractivity contribution in [1.29, 1.82) is 0 Å². The second-order valence-electron chi connectivity index (χ2n) is 7.72. The largest absolute Gasteiger partial charge is 0.432 e. The number of benzene rings is 1. The van der Waals surface area contributed by atoms with Crippen molar-refractivity contribution < 1.29 is 17.2 Å². The number of anilines is 1. The zero-order valence-electron chi connectivity index (χ0n) is 17.3. The average molecular weight is 457 g/mol. The number of nitrogens with one attached hydrogen (secondary N) is 1. The molecule has 1 fully saturated rings. The molecule has 1 aliphatic heterocycles. The zero-order chi connectivity index (χ0) is 22.3. The fourth-order valence-electron chi connectivity index (χ4n) is 3.91. The van der Waals surface area contributed by atoms with E-state index in [2.05, 4.69) is 20.3 Å². The standard InChI is InChI=1S/C21H21FN6O3S/c1-32(29,30)27-10-7-16(8-11-27)24-20-23-9-6-17(25-20)19-18(14-2-4-15(22)5-3-14)26-21-28(19)12-13-31-21/h2-6,9,12-13,16H,7-8,10-11H2,1H3,(H,23,24,25). The predicted molar refractivity (Wildman–Crippen MR) is 117 cm³/mol. The summed E-state index contributed by atoms with van der Waals surface area (Å²) in [7, 11) is -3.18. The highest BCUT2D eigenvalue weighted by molar-refractivity contribution is 7.88. The molecule has 0 saturated carbocycles. The Labute approximate surface area is 184 Å². The minimum absolute atomic E-state index is 0.0687. The highest BCUT2D eigenvalue weighted by atomic mass is 32.2. The molecule has 0 radical (unpaired) electrons. The molecule has 0 bridgehead atoms. The summed E-state index contributed by atoms with van der Waals surface area (Å²) in [4.78, 5) is 13.6. The molecular weight excluding hydrogens is 435 g/mol. The molecule has 0 amide bonds. The fourth-order valence-corrected chi connectivity index (χ4v) is 4.79. The van der Waals surface area contributed by atoms with Gasteiger partial charge >= 0.3 is 5.84 Å². The molecule has 1 saturated heterocycles. The Balaban J connectivity index is 1.44. The Bertz CT molecular complexity index is 1360. The molecule has 0 atom stereocenters. The molecule has 166 valence electrons. The van der Waals surface area contributed by atoms with Gasteiger partial charge in [-0.3, -0.25) is 4.40 Å². The fraction of sp³-hybridized carbons (Fsp3) is 0.286. The molecule has 3 aromatic heterocycles. The third-order valence-electron chi connectivity index (χ3n) is 5.53. The van der Waals surface area contributed by atoms with E-state index in [-0.39, 0.29) is 11.9 Å². The van der Waals surface area contributed by atoms with Gasteiger partial charge in [-0.1, -0.05) is 0 Å². The molecular formula is C21H21FN6O3S. The molecule has 32 heavy (non-hydrogen) atoms. The van der Waals surface area contributed by atoms with Crippen LogP contribution in [-0.4, -0.2) is 57.5 Å². The van der Waals surface area contributed by atoms with Crippen LogP contribution < -0.4 is 5.32 Å². The van der Waals surface area contributed by atoms with Gasteiger partial charge in [0.2, 0.25) is 16.0 Å². The van der Waals surface area contributed by atoms with Crippen LogP contribution in [0.3, 0.4) is 0 Å². The van der Waals surface area contributed by atoms with E-state index in [9.17, 15) is 12.8 Å². The first-order valence-electron chi connectivity index (χ1n) is 10.1. The van der Waals surface area contributed by atoms with E-state index >= 15 is 0 Å². The van der Waals surface area contributed by atoms with E-state index in [0.29, 0.717) is 54.8 Å². The molecule has 0 aliphatic carbocycles. The quantitative estimate of drug-likeness (QED) is 0.492. The van der Waals surface area contributed by atoms with Crippen molar-refractivity contribution in [3.8, 4) is 22.6 Å². The lowest BCUT2D eigenvalue weighted by molar-refractivity contribution is 0.331. The molecule has 0 spiro atoms. The van der Waals surface area contributed by atoms with Gasteiger partial charge < -0.3 is 9.73 Å². The number of piperidine rings is 1. The molecule has 9 nitrogen and oxygen atoms in total. The Kier molecular flexibility index (Phi) is 5.14. The molecule has 5 rings (SSSR count). The first-order valence-corrected chi connectivity index (χ1v) is 12.0. The summed E-state index contributed by atoms with van der Waals surface area (Å²) in [6, 6.07) is 7.94. The maximum absolute atomic E-state index is 13.4. The second kappa shape index (κ2) is 7.99. The molecule has 1 N–H and O–H groups in total. The van der Waals surface area contributed by atoms with Gasteiger partial charge in [-0.05, 0) is 43.2 Å². The van der Waals surface area contributed by atoms with Crippen molar-refractivity contribution in [2.75, 3.05) is 24.7 Å². The monoisotopic (exact) mass is 456 g/mol. The minimum atomic E-state index is -3.18. The molecule has 4 aromatic rings. The Morgan fingerprint density at radius 2 is 1.88 bits per heavy atom. The van der Waals surface area contributed by atoms with Crippen LogP contribution in [0.4, 0.5) is 10.3 Å². The van der Waals surface area contributed by atoms with Crippen LogP contribution in [0.5, 0.6) is 0 Å². The summed E-state index contributed by atoms with van der Waals surface area (Å²) in [5.74, 6) is 0.526. The summed E-state index contributed by atoms with van der Waals surface area (Å²) < 4.78 is 45.6. The van der Waals surface area contributed by atoms with Crippen molar-refractivity contribution in [2.45, 2.75) is 18.9 Å². The number of oxazole rings is 1. The van der Waals surface area contributed by atoms with Gasteiger partial charge in [0.1, 0.15) is 23.5 Å². The highest BCUT2D eigenvalue weighted by Crippen LogP contribution is 2.32. The van der Waals surface area contributed by atoms with Crippen molar-refractivity contribution in [3.63, 3.8) is 0 Å².